The molecule has 0 radical (unpaired) electrons. The molecule has 2 atom stereocenters. The van der Waals surface area contributed by atoms with Crippen LogP contribution in [0.25, 0.3) is 0 Å². The lowest BCUT2D eigenvalue weighted by Crippen LogP contribution is -2.51. The summed E-state index contributed by atoms with van der Waals surface area (Å²) in [4.78, 5) is 40.0. The fourth-order valence-electron chi connectivity index (χ4n) is 4.14. The van der Waals surface area contributed by atoms with Crippen molar-refractivity contribution in [2.24, 2.45) is 0 Å². The number of piperidine rings is 1. The van der Waals surface area contributed by atoms with Gasteiger partial charge in [0, 0.05) is 18.7 Å². The standard InChI is InChI=1S/C21H26N2O6/c1-12-13(5-6-14-15(12)11-27-18(14)24)9-23-16-7-8-22(10-17(16)28-20(23)26)19(25)29-21(2,3)4/h5-6,16-17H,7-11H2,1-4H3/t16-,17-/m1/s1. The number of hydrogen-bond acceptors (Lipinski definition) is 6. The number of hydrogen-bond donors (Lipinski definition) is 0. The summed E-state index contributed by atoms with van der Waals surface area (Å²) in [5.41, 5.74) is 2.85. The number of fused-ring (bicyclic) bond motifs is 2. The number of rotatable bonds is 2. The molecule has 0 aliphatic carbocycles. The number of ether oxygens (including phenoxy) is 3. The van der Waals surface area contributed by atoms with Gasteiger partial charge >= 0.3 is 18.2 Å². The van der Waals surface area contributed by atoms with E-state index in [1.807, 2.05) is 33.8 Å². The Morgan fingerprint density at radius 1 is 1.28 bits per heavy atom. The summed E-state index contributed by atoms with van der Waals surface area (Å²) in [6, 6.07) is 3.54. The summed E-state index contributed by atoms with van der Waals surface area (Å²) in [5.74, 6) is -0.301. The third kappa shape index (κ3) is 3.63. The normalized spacial score (nSPS) is 23.4. The summed E-state index contributed by atoms with van der Waals surface area (Å²) in [5, 5.41) is 0. The van der Waals surface area contributed by atoms with E-state index in [0.29, 0.717) is 31.6 Å². The van der Waals surface area contributed by atoms with Crippen molar-refractivity contribution in [1.29, 1.82) is 0 Å². The van der Waals surface area contributed by atoms with Crippen LogP contribution in [0.1, 0.15) is 54.2 Å². The number of amides is 2. The largest absolute Gasteiger partial charge is 0.457 e. The molecule has 0 aromatic heterocycles. The highest BCUT2D eigenvalue weighted by Crippen LogP contribution is 2.32. The first-order valence-electron chi connectivity index (χ1n) is 9.87. The van der Waals surface area contributed by atoms with Crippen molar-refractivity contribution >= 4 is 18.2 Å². The maximum Gasteiger partial charge on any atom is 0.410 e. The van der Waals surface area contributed by atoms with Gasteiger partial charge in [0.05, 0.1) is 18.2 Å². The molecule has 8 nitrogen and oxygen atoms in total. The zero-order valence-electron chi connectivity index (χ0n) is 17.2. The highest BCUT2D eigenvalue weighted by Gasteiger charge is 2.46. The Kier molecular flexibility index (Phi) is 4.67. The Labute approximate surface area is 169 Å². The quantitative estimate of drug-likeness (QED) is 0.558. The molecule has 0 spiro atoms. The van der Waals surface area contributed by atoms with Gasteiger partial charge < -0.3 is 19.1 Å². The van der Waals surface area contributed by atoms with E-state index in [1.165, 1.54) is 0 Å². The molecule has 2 fully saturated rings. The molecule has 3 aliphatic heterocycles. The summed E-state index contributed by atoms with van der Waals surface area (Å²) in [6.45, 7) is 8.93. The minimum atomic E-state index is -0.567. The molecule has 1 aromatic rings. The first-order chi connectivity index (χ1) is 13.6. The molecule has 8 heteroatoms. The molecular formula is C21H26N2O6. The first kappa shape index (κ1) is 19.5. The molecule has 0 N–H and O–H groups in total. The maximum absolute atomic E-state index is 12.5. The molecule has 3 heterocycles. The van der Waals surface area contributed by atoms with Gasteiger partial charge in [-0.2, -0.15) is 0 Å². The second kappa shape index (κ2) is 6.93. The smallest absolute Gasteiger partial charge is 0.410 e. The molecule has 4 rings (SSSR count). The van der Waals surface area contributed by atoms with Crippen LogP contribution in [0.5, 0.6) is 0 Å². The van der Waals surface area contributed by atoms with E-state index < -0.39 is 5.60 Å². The van der Waals surface area contributed by atoms with Crippen LogP contribution in [0.4, 0.5) is 9.59 Å². The second-order valence-electron chi connectivity index (χ2n) is 8.78. The van der Waals surface area contributed by atoms with Gasteiger partial charge in [0.15, 0.2) is 0 Å². The minimum absolute atomic E-state index is 0.0910. The third-order valence-corrected chi connectivity index (χ3v) is 5.68. The molecule has 2 amide bonds. The van der Waals surface area contributed by atoms with Gasteiger partial charge in [-0.1, -0.05) is 6.07 Å². The molecule has 1 aromatic carbocycles. The number of carbonyl (C=O) groups is 3. The number of carbonyl (C=O) groups excluding carboxylic acids is 3. The van der Waals surface area contributed by atoms with Gasteiger partial charge in [-0.3, -0.25) is 4.90 Å². The van der Waals surface area contributed by atoms with Crippen molar-refractivity contribution in [3.63, 3.8) is 0 Å². The van der Waals surface area contributed by atoms with Gasteiger partial charge in [-0.15, -0.1) is 0 Å². The average Bonchev–Trinajstić information content (AvgIpc) is 3.16. The van der Waals surface area contributed by atoms with Gasteiger partial charge in [0.25, 0.3) is 0 Å². The van der Waals surface area contributed by atoms with Gasteiger partial charge in [0.1, 0.15) is 18.3 Å². The molecule has 156 valence electrons. The Bertz CT molecular complexity index is 875. The summed E-state index contributed by atoms with van der Waals surface area (Å²) >= 11 is 0. The molecule has 0 bridgehead atoms. The van der Waals surface area contributed by atoms with E-state index in [2.05, 4.69) is 0 Å². The topological polar surface area (TPSA) is 85.4 Å². The number of cyclic esters (lactones) is 1. The zero-order chi connectivity index (χ0) is 20.9. The van der Waals surface area contributed by atoms with Crippen LogP contribution < -0.4 is 0 Å². The number of benzene rings is 1. The Morgan fingerprint density at radius 2 is 2.03 bits per heavy atom. The lowest BCUT2D eigenvalue weighted by Gasteiger charge is -2.36. The predicted octanol–water partition coefficient (Wildman–Crippen LogP) is 3.00. The van der Waals surface area contributed by atoms with E-state index >= 15 is 0 Å². The van der Waals surface area contributed by atoms with Gasteiger partial charge in [-0.05, 0) is 51.3 Å². The lowest BCUT2D eigenvalue weighted by molar-refractivity contribution is 0.00303. The average molecular weight is 402 g/mol. The summed E-state index contributed by atoms with van der Waals surface area (Å²) in [6.07, 6.45) is -0.507. The van der Waals surface area contributed by atoms with Crippen LogP contribution in [0.2, 0.25) is 0 Å². The predicted molar refractivity (Wildman–Crippen MR) is 102 cm³/mol. The van der Waals surface area contributed by atoms with Gasteiger partial charge in [-0.25, -0.2) is 14.4 Å². The lowest BCUT2D eigenvalue weighted by atomic mass is 9.97. The van der Waals surface area contributed by atoms with Crippen LogP contribution in [0.3, 0.4) is 0 Å². The van der Waals surface area contributed by atoms with E-state index in [0.717, 1.165) is 16.7 Å². The molecule has 2 saturated heterocycles. The highest BCUT2D eigenvalue weighted by molar-refractivity contribution is 5.94. The van der Waals surface area contributed by atoms with Crippen LogP contribution >= 0.6 is 0 Å². The van der Waals surface area contributed by atoms with Crippen molar-refractivity contribution in [2.75, 3.05) is 13.1 Å². The van der Waals surface area contributed by atoms with E-state index in [4.69, 9.17) is 14.2 Å². The Hall–Kier alpha value is -2.77. The molecular weight excluding hydrogens is 376 g/mol. The second-order valence-corrected chi connectivity index (χ2v) is 8.78. The maximum atomic E-state index is 12.5. The van der Waals surface area contributed by atoms with E-state index in [1.54, 1.807) is 15.9 Å². The number of likely N-dealkylation sites (tertiary alicyclic amines) is 1. The number of nitrogens with zero attached hydrogens (tertiary/aromatic N) is 2. The van der Waals surface area contributed by atoms with Crippen molar-refractivity contribution < 1.29 is 28.6 Å². The van der Waals surface area contributed by atoms with Crippen molar-refractivity contribution in [2.45, 2.75) is 65.0 Å². The third-order valence-electron chi connectivity index (χ3n) is 5.68. The highest BCUT2D eigenvalue weighted by atomic mass is 16.6. The monoisotopic (exact) mass is 402 g/mol. The molecule has 3 aliphatic rings. The SMILES string of the molecule is Cc1c(CN2C(=O)O[C@@H]3CN(C(=O)OC(C)(C)C)CC[C@H]32)ccc2c1COC2=O. The van der Waals surface area contributed by atoms with Crippen molar-refractivity contribution in [1.82, 2.24) is 9.80 Å². The zero-order valence-corrected chi connectivity index (χ0v) is 17.2. The minimum Gasteiger partial charge on any atom is -0.457 e. The van der Waals surface area contributed by atoms with Crippen molar-refractivity contribution in [3.05, 3.63) is 34.4 Å². The molecule has 0 saturated carbocycles. The van der Waals surface area contributed by atoms with Crippen molar-refractivity contribution in [3.8, 4) is 0 Å². The van der Waals surface area contributed by atoms with Crippen LogP contribution in [-0.2, 0) is 27.4 Å². The summed E-state index contributed by atoms with van der Waals surface area (Å²) < 4.78 is 16.1. The van der Waals surface area contributed by atoms with Crippen LogP contribution in [0.15, 0.2) is 12.1 Å². The fourth-order valence-corrected chi connectivity index (χ4v) is 4.14. The fraction of sp³-hybridized carbons (Fsp3) is 0.571. The Balaban J connectivity index is 1.46. The molecule has 29 heavy (non-hydrogen) atoms. The first-order valence-corrected chi connectivity index (χ1v) is 9.87. The van der Waals surface area contributed by atoms with E-state index in [-0.39, 0.29) is 36.9 Å². The number of esters is 1. The van der Waals surface area contributed by atoms with Crippen LogP contribution in [-0.4, -0.2) is 58.8 Å². The van der Waals surface area contributed by atoms with Gasteiger partial charge in [0.2, 0.25) is 0 Å². The van der Waals surface area contributed by atoms with Crippen LogP contribution in [0, 0.1) is 6.92 Å². The molecule has 0 unspecified atom stereocenters. The Morgan fingerprint density at radius 3 is 2.76 bits per heavy atom. The van der Waals surface area contributed by atoms with E-state index in [9.17, 15) is 14.4 Å². The summed E-state index contributed by atoms with van der Waals surface area (Å²) in [7, 11) is 0.